The third-order valence-corrected chi connectivity index (χ3v) is 3.81. The van der Waals surface area contributed by atoms with Gasteiger partial charge in [0.25, 0.3) is 0 Å². The van der Waals surface area contributed by atoms with Gasteiger partial charge in [0.1, 0.15) is 5.82 Å². The van der Waals surface area contributed by atoms with Crippen LogP contribution in [-0.2, 0) is 0 Å². The molecule has 1 aliphatic rings. The average Bonchev–Trinajstić information content (AvgIpc) is 2.72. The molecular formula is C16H14FNO2. The first-order chi connectivity index (χ1) is 9.61. The van der Waals surface area contributed by atoms with E-state index in [4.69, 9.17) is 10.8 Å². The quantitative estimate of drug-likeness (QED) is 0.902. The second-order valence-corrected chi connectivity index (χ2v) is 4.97. The van der Waals surface area contributed by atoms with Crippen LogP contribution in [0.15, 0.2) is 36.4 Å². The van der Waals surface area contributed by atoms with Gasteiger partial charge in [-0.25, -0.2) is 9.18 Å². The number of halogens is 1. The summed E-state index contributed by atoms with van der Waals surface area (Å²) in [5.74, 6) is -1.27. The fourth-order valence-corrected chi connectivity index (χ4v) is 2.94. The molecule has 102 valence electrons. The number of aromatic carboxylic acids is 1. The normalized spacial score (nSPS) is 15.8. The van der Waals surface area contributed by atoms with E-state index in [0.717, 1.165) is 22.3 Å². The van der Waals surface area contributed by atoms with Gasteiger partial charge >= 0.3 is 5.97 Å². The van der Waals surface area contributed by atoms with Gasteiger partial charge in [0.05, 0.1) is 5.56 Å². The monoisotopic (exact) mass is 271 g/mol. The highest BCUT2D eigenvalue weighted by Gasteiger charge is 2.29. The summed E-state index contributed by atoms with van der Waals surface area (Å²) in [6, 6.07) is 9.76. The zero-order chi connectivity index (χ0) is 14.3. The van der Waals surface area contributed by atoms with Gasteiger partial charge in [-0.1, -0.05) is 12.1 Å². The molecular weight excluding hydrogens is 257 g/mol. The van der Waals surface area contributed by atoms with Crippen molar-refractivity contribution in [2.75, 3.05) is 6.54 Å². The molecule has 3 rings (SSSR count). The lowest BCUT2D eigenvalue weighted by Crippen LogP contribution is -2.07. The maximum atomic E-state index is 13.5. The number of carboxylic acids is 1. The first-order valence-corrected chi connectivity index (χ1v) is 6.49. The van der Waals surface area contributed by atoms with E-state index in [0.29, 0.717) is 13.0 Å². The summed E-state index contributed by atoms with van der Waals surface area (Å²) >= 11 is 0. The second-order valence-electron chi connectivity index (χ2n) is 4.97. The number of nitrogens with two attached hydrogens (primary N) is 1. The molecule has 0 aromatic heterocycles. The number of rotatable bonds is 3. The van der Waals surface area contributed by atoms with Crippen molar-refractivity contribution in [1.82, 2.24) is 0 Å². The van der Waals surface area contributed by atoms with Gasteiger partial charge in [0.15, 0.2) is 0 Å². The molecule has 0 heterocycles. The molecule has 0 spiro atoms. The lowest BCUT2D eigenvalue weighted by molar-refractivity contribution is 0.0697. The van der Waals surface area contributed by atoms with Crippen LogP contribution in [0, 0.1) is 5.82 Å². The van der Waals surface area contributed by atoms with Gasteiger partial charge in [-0.3, -0.25) is 0 Å². The Kier molecular flexibility index (Phi) is 3.03. The number of hydrogen-bond donors (Lipinski definition) is 2. The van der Waals surface area contributed by atoms with E-state index in [9.17, 15) is 9.18 Å². The Balaban J connectivity index is 2.20. The number of carboxylic acid groups (broad SMARTS) is 1. The molecule has 3 nitrogen and oxygen atoms in total. The van der Waals surface area contributed by atoms with E-state index in [1.54, 1.807) is 24.3 Å². The van der Waals surface area contributed by atoms with Crippen LogP contribution in [0.25, 0.3) is 11.1 Å². The lowest BCUT2D eigenvalue weighted by atomic mass is 9.92. The molecule has 1 unspecified atom stereocenters. The summed E-state index contributed by atoms with van der Waals surface area (Å²) in [5.41, 5.74) is 9.67. The molecule has 0 saturated heterocycles. The maximum Gasteiger partial charge on any atom is 0.335 e. The first-order valence-electron chi connectivity index (χ1n) is 6.49. The summed E-state index contributed by atoms with van der Waals surface area (Å²) in [6.07, 6.45) is 0.673. The van der Waals surface area contributed by atoms with E-state index < -0.39 is 5.97 Å². The zero-order valence-corrected chi connectivity index (χ0v) is 10.8. The first kappa shape index (κ1) is 12.8. The minimum Gasteiger partial charge on any atom is -0.478 e. The minimum absolute atomic E-state index is 0.0278. The van der Waals surface area contributed by atoms with Crippen LogP contribution in [0.2, 0.25) is 0 Å². The molecule has 4 heteroatoms. The minimum atomic E-state index is -0.957. The van der Waals surface area contributed by atoms with Crippen LogP contribution in [0.4, 0.5) is 4.39 Å². The van der Waals surface area contributed by atoms with Crippen molar-refractivity contribution in [3.8, 4) is 11.1 Å². The SMILES string of the molecule is NCCC1c2cc(F)ccc2-c2ccc(C(=O)O)cc21. The van der Waals surface area contributed by atoms with Gasteiger partial charge in [-0.05, 0) is 59.5 Å². The molecule has 1 atom stereocenters. The van der Waals surface area contributed by atoms with Crippen LogP contribution in [0.5, 0.6) is 0 Å². The van der Waals surface area contributed by atoms with Gasteiger partial charge in [0, 0.05) is 5.92 Å². The predicted octanol–water partition coefficient (Wildman–Crippen LogP) is 2.99. The highest BCUT2D eigenvalue weighted by Crippen LogP contribution is 2.46. The summed E-state index contributed by atoms with van der Waals surface area (Å²) in [4.78, 5) is 11.1. The van der Waals surface area contributed by atoms with Crippen LogP contribution in [0.1, 0.15) is 33.8 Å². The van der Waals surface area contributed by atoms with Gasteiger partial charge < -0.3 is 10.8 Å². The van der Waals surface area contributed by atoms with Crippen LogP contribution < -0.4 is 5.73 Å². The van der Waals surface area contributed by atoms with Crippen molar-refractivity contribution in [2.45, 2.75) is 12.3 Å². The molecule has 2 aromatic rings. The molecule has 20 heavy (non-hydrogen) atoms. The van der Waals surface area contributed by atoms with Crippen molar-refractivity contribution in [3.63, 3.8) is 0 Å². The lowest BCUT2D eigenvalue weighted by Gasteiger charge is -2.12. The smallest absolute Gasteiger partial charge is 0.335 e. The Labute approximate surface area is 115 Å². The standard InChI is InChI=1S/C16H14FNO2/c17-10-2-4-12-11-3-1-9(16(19)20)7-14(11)13(5-6-18)15(12)8-10/h1-4,7-8,13H,5-6,18H2,(H,19,20). The molecule has 0 radical (unpaired) electrons. The third-order valence-electron chi connectivity index (χ3n) is 3.81. The van der Waals surface area contributed by atoms with E-state index in [1.165, 1.54) is 12.1 Å². The highest BCUT2D eigenvalue weighted by atomic mass is 19.1. The van der Waals surface area contributed by atoms with Gasteiger partial charge in [-0.15, -0.1) is 0 Å². The summed E-state index contributed by atoms with van der Waals surface area (Å²) in [7, 11) is 0. The number of fused-ring (bicyclic) bond motifs is 3. The zero-order valence-electron chi connectivity index (χ0n) is 10.8. The molecule has 2 aromatic carbocycles. The predicted molar refractivity (Wildman–Crippen MR) is 74.3 cm³/mol. The largest absolute Gasteiger partial charge is 0.478 e. The van der Waals surface area contributed by atoms with Crippen molar-refractivity contribution in [2.24, 2.45) is 5.73 Å². The van der Waals surface area contributed by atoms with Crippen LogP contribution >= 0.6 is 0 Å². The Hall–Kier alpha value is -2.20. The molecule has 0 fully saturated rings. The number of carbonyl (C=O) groups is 1. The van der Waals surface area contributed by atoms with Crippen LogP contribution in [-0.4, -0.2) is 17.6 Å². The van der Waals surface area contributed by atoms with Crippen molar-refractivity contribution in [3.05, 3.63) is 58.9 Å². The molecule has 3 N–H and O–H groups in total. The van der Waals surface area contributed by atoms with Gasteiger partial charge in [0.2, 0.25) is 0 Å². The van der Waals surface area contributed by atoms with Crippen molar-refractivity contribution < 1.29 is 14.3 Å². The molecule has 1 aliphatic carbocycles. The molecule has 0 saturated carbocycles. The van der Waals surface area contributed by atoms with E-state index >= 15 is 0 Å². The van der Waals surface area contributed by atoms with Crippen LogP contribution in [0.3, 0.4) is 0 Å². The molecule has 0 aliphatic heterocycles. The number of benzene rings is 2. The van der Waals surface area contributed by atoms with Gasteiger partial charge in [-0.2, -0.15) is 0 Å². The topological polar surface area (TPSA) is 63.3 Å². The maximum absolute atomic E-state index is 13.5. The summed E-state index contributed by atoms with van der Waals surface area (Å²) in [5, 5.41) is 9.11. The molecule has 0 bridgehead atoms. The highest BCUT2D eigenvalue weighted by molar-refractivity contribution is 5.90. The Bertz CT molecular complexity index is 697. The van der Waals surface area contributed by atoms with E-state index in [2.05, 4.69) is 0 Å². The summed E-state index contributed by atoms with van der Waals surface area (Å²) < 4.78 is 13.5. The number of hydrogen-bond acceptors (Lipinski definition) is 2. The van der Waals surface area contributed by atoms with E-state index in [-0.39, 0.29) is 17.3 Å². The van der Waals surface area contributed by atoms with E-state index in [1.807, 2.05) is 0 Å². The Morgan fingerprint density at radius 1 is 1.15 bits per heavy atom. The second kappa shape index (κ2) is 4.72. The van der Waals surface area contributed by atoms with Crippen molar-refractivity contribution >= 4 is 5.97 Å². The fourth-order valence-electron chi connectivity index (χ4n) is 2.94. The van der Waals surface area contributed by atoms with Crippen molar-refractivity contribution in [1.29, 1.82) is 0 Å². The fraction of sp³-hybridized carbons (Fsp3) is 0.188. The molecule has 0 amide bonds. The third kappa shape index (κ3) is 1.89. The Morgan fingerprint density at radius 3 is 2.45 bits per heavy atom. The summed E-state index contributed by atoms with van der Waals surface area (Å²) in [6.45, 7) is 0.470. The Morgan fingerprint density at radius 2 is 1.80 bits per heavy atom. The average molecular weight is 271 g/mol.